The van der Waals surface area contributed by atoms with E-state index in [4.69, 9.17) is 4.74 Å². The third-order valence-electron chi connectivity index (χ3n) is 4.79. The van der Waals surface area contributed by atoms with Gasteiger partial charge in [-0.25, -0.2) is 0 Å². The highest BCUT2D eigenvalue weighted by Crippen LogP contribution is 2.28. The van der Waals surface area contributed by atoms with Gasteiger partial charge in [0.1, 0.15) is 24.0 Å². The van der Waals surface area contributed by atoms with Crippen molar-refractivity contribution >= 4 is 33.6 Å². The van der Waals surface area contributed by atoms with Crippen LogP contribution in [0.25, 0.3) is 6.08 Å². The van der Waals surface area contributed by atoms with E-state index in [0.717, 1.165) is 5.56 Å². The van der Waals surface area contributed by atoms with Crippen LogP contribution in [0.5, 0.6) is 5.75 Å². The summed E-state index contributed by atoms with van der Waals surface area (Å²) >= 11 is 3.43. The highest BCUT2D eigenvalue weighted by Gasteiger charge is 2.14. The lowest BCUT2D eigenvalue weighted by Crippen LogP contribution is -2.27. The normalized spacial score (nSPS) is 11.8. The minimum atomic E-state index is -0.462. The van der Waals surface area contributed by atoms with Gasteiger partial charge in [-0.05, 0) is 57.8 Å². The summed E-state index contributed by atoms with van der Waals surface area (Å²) in [6.07, 6.45) is 1.50. The molecular weight excluding hydrogens is 486 g/mol. The number of halogens is 1. The van der Waals surface area contributed by atoms with E-state index in [0.29, 0.717) is 21.3 Å². The van der Waals surface area contributed by atoms with Gasteiger partial charge in [0, 0.05) is 12.1 Å². The molecule has 8 heteroatoms. The highest BCUT2D eigenvalue weighted by atomic mass is 79.9. The Morgan fingerprint density at radius 2 is 1.94 bits per heavy atom. The first-order valence-corrected chi connectivity index (χ1v) is 10.8. The molecule has 0 radical (unpaired) electrons. The Bertz CT molecular complexity index is 1240. The molecule has 0 aromatic heterocycles. The number of amides is 1. The molecule has 1 atom stereocenters. The maximum atomic E-state index is 12.6. The van der Waals surface area contributed by atoms with Gasteiger partial charge in [0.05, 0.1) is 15.4 Å². The third kappa shape index (κ3) is 6.51. The number of ether oxygens (including phenoxy) is 1. The van der Waals surface area contributed by atoms with Crippen molar-refractivity contribution in [3.05, 3.63) is 110 Å². The van der Waals surface area contributed by atoms with Gasteiger partial charge in [-0.1, -0.05) is 48.5 Å². The highest BCUT2D eigenvalue weighted by molar-refractivity contribution is 9.10. The Morgan fingerprint density at radius 1 is 1.18 bits per heavy atom. The van der Waals surface area contributed by atoms with Crippen molar-refractivity contribution in [3.63, 3.8) is 0 Å². The Labute approximate surface area is 199 Å². The lowest BCUT2D eigenvalue weighted by Gasteiger charge is -2.14. The smallest absolute Gasteiger partial charge is 0.269 e. The van der Waals surface area contributed by atoms with Crippen LogP contribution in [-0.2, 0) is 11.4 Å². The maximum absolute atomic E-state index is 12.6. The number of benzene rings is 3. The van der Waals surface area contributed by atoms with Gasteiger partial charge in [0.25, 0.3) is 11.6 Å². The zero-order chi connectivity index (χ0) is 23.8. The summed E-state index contributed by atoms with van der Waals surface area (Å²) in [6.45, 7) is 2.00. The predicted octanol–water partition coefficient (Wildman–Crippen LogP) is 5.72. The molecule has 0 saturated carbocycles. The monoisotopic (exact) mass is 505 g/mol. The molecule has 1 amide bonds. The van der Waals surface area contributed by atoms with Crippen molar-refractivity contribution in [3.8, 4) is 11.8 Å². The van der Waals surface area contributed by atoms with Gasteiger partial charge in [-0.15, -0.1) is 0 Å². The van der Waals surface area contributed by atoms with Crippen molar-refractivity contribution in [2.24, 2.45) is 0 Å². The summed E-state index contributed by atoms with van der Waals surface area (Å²) in [6, 6.07) is 22.6. The second-order valence-electron chi connectivity index (χ2n) is 7.18. The lowest BCUT2D eigenvalue weighted by atomic mass is 10.1. The quantitative estimate of drug-likeness (QED) is 0.182. The molecule has 7 nitrogen and oxygen atoms in total. The molecule has 0 aliphatic rings. The molecule has 0 spiro atoms. The number of nitro benzene ring substituents is 1. The van der Waals surface area contributed by atoms with Crippen molar-refractivity contribution in [1.29, 1.82) is 5.26 Å². The number of rotatable bonds is 8. The van der Waals surface area contributed by atoms with Crippen LogP contribution < -0.4 is 10.1 Å². The number of carbonyl (C=O) groups excluding carboxylic acids is 1. The fourth-order valence-electron chi connectivity index (χ4n) is 3.06. The molecule has 1 N–H and O–H groups in total. The van der Waals surface area contributed by atoms with Gasteiger partial charge in [-0.3, -0.25) is 14.9 Å². The summed E-state index contributed by atoms with van der Waals surface area (Å²) in [5.74, 6) is 0.0651. The van der Waals surface area contributed by atoms with E-state index in [1.54, 1.807) is 30.3 Å². The molecule has 3 rings (SSSR count). The summed E-state index contributed by atoms with van der Waals surface area (Å²) in [7, 11) is 0. The molecule has 0 heterocycles. The topological polar surface area (TPSA) is 105 Å². The number of non-ortho nitro benzene ring substituents is 1. The Balaban J connectivity index is 1.68. The SMILES string of the molecule is C[C@H](NC(=O)/C(C#N)=C\c1ccc(OCc2cccc([N+](=O)[O-])c2)c(Br)c1)c1ccccc1. The molecule has 3 aromatic carbocycles. The molecule has 0 aliphatic heterocycles. The van der Waals surface area contributed by atoms with E-state index in [1.807, 2.05) is 43.3 Å². The first kappa shape index (κ1) is 23.7. The number of hydrogen-bond acceptors (Lipinski definition) is 5. The second kappa shape index (κ2) is 11.1. The molecule has 0 bridgehead atoms. The molecule has 0 aliphatic carbocycles. The molecule has 0 fully saturated rings. The number of nitro groups is 1. The summed E-state index contributed by atoms with van der Waals surface area (Å²) in [5, 5.41) is 23.2. The van der Waals surface area contributed by atoms with Gasteiger partial charge in [0.15, 0.2) is 0 Å². The number of carbonyl (C=O) groups is 1. The maximum Gasteiger partial charge on any atom is 0.269 e. The summed E-state index contributed by atoms with van der Waals surface area (Å²) in [4.78, 5) is 23.0. The van der Waals surface area contributed by atoms with Crippen LogP contribution in [0, 0.1) is 21.4 Å². The van der Waals surface area contributed by atoms with Crippen molar-refractivity contribution in [1.82, 2.24) is 5.32 Å². The van der Waals surface area contributed by atoms with E-state index < -0.39 is 10.8 Å². The average molecular weight is 506 g/mol. The van der Waals surface area contributed by atoms with Crippen molar-refractivity contribution in [2.45, 2.75) is 19.6 Å². The molecule has 0 unspecified atom stereocenters. The zero-order valence-electron chi connectivity index (χ0n) is 17.7. The van der Waals surface area contributed by atoms with Gasteiger partial charge in [0.2, 0.25) is 0 Å². The Hall–Kier alpha value is -3.96. The molecule has 0 saturated heterocycles. The lowest BCUT2D eigenvalue weighted by molar-refractivity contribution is -0.384. The predicted molar refractivity (Wildman–Crippen MR) is 128 cm³/mol. The number of nitriles is 1. The zero-order valence-corrected chi connectivity index (χ0v) is 19.3. The van der Waals surface area contributed by atoms with Gasteiger partial charge >= 0.3 is 0 Å². The average Bonchev–Trinajstić information content (AvgIpc) is 2.82. The van der Waals surface area contributed by atoms with E-state index in [2.05, 4.69) is 21.2 Å². The van der Waals surface area contributed by atoms with E-state index in [1.165, 1.54) is 18.2 Å². The fraction of sp³-hybridized carbons (Fsp3) is 0.120. The van der Waals surface area contributed by atoms with Crippen LogP contribution in [0.2, 0.25) is 0 Å². The van der Waals surface area contributed by atoms with Crippen LogP contribution in [-0.4, -0.2) is 10.8 Å². The summed E-state index contributed by atoms with van der Waals surface area (Å²) in [5.41, 5.74) is 2.23. The van der Waals surface area contributed by atoms with E-state index in [-0.39, 0.29) is 23.9 Å². The number of hydrogen-bond donors (Lipinski definition) is 1. The first-order valence-electron chi connectivity index (χ1n) is 10.0. The van der Waals surface area contributed by atoms with Crippen LogP contribution in [0.4, 0.5) is 5.69 Å². The Morgan fingerprint density at radius 3 is 2.61 bits per heavy atom. The molecular formula is C25H20BrN3O4. The minimum absolute atomic E-state index is 0.000423. The van der Waals surface area contributed by atoms with E-state index >= 15 is 0 Å². The molecule has 3 aromatic rings. The Kier molecular flexibility index (Phi) is 7.95. The van der Waals surface area contributed by atoms with Crippen LogP contribution in [0.3, 0.4) is 0 Å². The standard InChI is InChI=1S/C25H20BrN3O4/c1-17(20-7-3-2-4-8-20)28-25(30)21(15-27)12-18-10-11-24(23(26)14-18)33-16-19-6-5-9-22(13-19)29(31)32/h2-14,17H,16H2,1H3,(H,28,30)/b21-12-/t17-/m0/s1. The second-order valence-corrected chi connectivity index (χ2v) is 8.04. The van der Waals surface area contributed by atoms with Crippen LogP contribution in [0.1, 0.15) is 29.7 Å². The van der Waals surface area contributed by atoms with E-state index in [9.17, 15) is 20.2 Å². The van der Waals surface area contributed by atoms with Crippen molar-refractivity contribution < 1.29 is 14.5 Å². The molecule has 166 valence electrons. The van der Waals surface area contributed by atoms with Crippen molar-refractivity contribution in [2.75, 3.05) is 0 Å². The first-order chi connectivity index (χ1) is 15.9. The minimum Gasteiger partial charge on any atom is -0.488 e. The summed E-state index contributed by atoms with van der Waals surface area (Å²) < 4.78 is 6.38. The fourth-order valence-corrected chi connectivity index (χ4v) is 3.57. The largest absolute Gasteiger partial charge is 0.488 e. The number of nitrogens with zero attached hydrogens (tertiary/aromatic N) is 2. The van der Waals surface area contributed by atoms with Gasteiger partial charge < -0.3 is 10.1 Å². The van der Waals surface area contributed by atoms with Crippen LogP contribution >= 0.6 is 15.9 Å². The van der Waals surface area contributed by atoms with Gasteiger partial charge in [-0.2, -0.15) is 5.26 Å². The number of nitrogens with one attached hydrogen (secondary N) is 1. The third-order valence-corrected chi connectivity index (χ3v) is 5.41. The molecule has 33 heavy (non-hydrogen) atoms. The van der Waals surface area contributed by atoms with Crippen LogP contribution in [0.15, 0.2) is 82.8 Å².